The molecule has 0 aliphatic carbocycles. The van der Waals surface area contributed by atoms with Crippen LogP contribution in [-0.2, 0) is 0 Å². The van der Waals surface area contributed by atoms with Crippen LogP contribution in [0.25, 0.3) is 0 Å². The van der Waals surface area contributed by atoms with Crippen LogP contribution in [0.2, 0.25) is 0 Å². The number of aromatic nitrogens is 1. The maximum absolute atomic E-state index is 13.1. The molecule has 6 heteroatoms. The Kier molecular flexibility index (Phi) is 3.21. The molecule has 1 heterocycles. The van der Waals surface area contributed by atoms with Crippen molar-refractivity contribution >= 4 is 22.2 Å². The molecule has 0 aliphatic rings. The Morgan fingerprint density at radius 3 is 3.00 bits per heavy atom. The van der Waals surface area contributed by atoms with Gasteiger partial charge in [0.05, 0.1) is 19.0 Å². The van der Waals surface area contributed by atoms with Crippen LogP contribution in [0.15, 0.2) is 24.4 Å². The third kappa shape index (κ3) is 2.52. The van der Waals surface area contributed by atoms with Crippen molar-refractivity contribution in [3.8, 4) is 11.8 Å². The summed E-state index contributed by atoms with van der Waals surface area (Å²) in [6, 6.07) is 6.13. The molecule has 86 valence electrons. The van der Waals surface area contributed by atoms with Crippen molar-refractivity contribution in [2.75, 3.05) is 12.4 Å². The molecule has 0 radical (unpaired) electrons. The summed E-state index contributed by atoms with van der Waals surface area (Å²) in [5, 5.41) is 12.1. The van der Waals surface area contributed by atoms with Gasteiger partial charge in [0, 0.05) is 6.07 Å². The van der Waals surface area contributed by atoms with E-state index in [1.165, 1.54) is 42.8 Å². The van der Waals surface area contributed by atoms with E-state index >= 15 is 0 Å². The monoisotopic (exact) mass is 249 g/mol. The van der Waals surface area contributed by atoms with E-state index in [1.54, 1.807) is 0 Å². The van der Waals surface area contributed by atoms with Crippen molar-refractivity contribution in [2.24, 2.45) is 0 Å². The molecule has 1 aromatic heterocycles. The SMILES string of the molecule is COc1ccc(F)cc1Nc1ncc(C#N)s1. The van der Waals surface area contributed by atoms with Gasteiger partial charge in [0.1, 0.15) is 22.5 Å². The van der Waals surface area contributed by atoms with Gasteiger partial charge in [-0.05, 0) is 12.1 Å². The Morgan fingerprint density at radius 2 is 2.35 bits per heavy atom. The largest absolute Gasteiger partial charge is 0.495 e. The Hall–Kier alpha value is -2.13. The van der Waals surface area contributed by atoms with Crippen LogP contribution in [0, 0.1) is 17.1 Å². The first kappa shape index (κ1) is 11.4. The highest BCUT2D eigenvalue weighted by atomic mass is 32.1. The van der Waals surface area contributed by atoms with Gasteiger partial charge in [0.2, 0.25) is 0 Å². The summed E-state index contributed by atoms with van der Waals surface area (Å²) in [4.78, 5) is 4.48. The average Bonchev–Trinajstić information content (AvgIpc) is 2.77. The Labute approximate surface area is 101 Å². The lowest BCUT2D eigenvalue weighted by Gasteiger charge is -2.08. The maximum Gasteiger partial charge on any atom is 0.188 e. The van der Waals surface area contributed by atoms with Gasteiger partial charge in [-0.2, -0.15) is 5.26 Å². The van der Waals surface area contributed by atoms with E-state index in [1.807, 2.05) is 6.07 Å². The van der Waals surface area contributed by atoms with Gasteiger partial charge in [-0.3, -0.25) is 0 Å². The number of thiazole rings is 1. The fourth-order valence-corrected chi connectivity index (χ4v) is 1.90. The lowest BCUT2D eigenvalue weighted by Crippen LogP contribution is -1.94. The molecule has 1 N–H and O–H groups in total. The van der Waals surface area contributed by atoms with E-state index in [2.05, 4.69) is 10.3 Å². The summed E-state index contributed by atoms with van der Waals surface area (Å²) in [5.41, 5.74) is 0.478. The second kappa shape index (κ2) is 4.80. The molecule has 0 bridgehead atoms. The predicted molar refractivity (Wildman–Crippen MR) is 63.1 cm³/mol. The molecule has 1 aromatic carbocycles. The minimum atomic E-state index is -0.370. The van der Waals surface area contributed by atoms with Crippen LogP contribution in [0.4, 0.5) is 15.2 Å². The van der Waals surface area contributed by atoms with Gasteiger partial charge in [-0.1, -0.05) is 11.3 Å². The second-order valence-electron chi connectivity index (χ2n) is 3.11. The lowest BCUT2D eigenvalue weighted by molar-refractivity contribution is 0.416. The summed E-state index contributed by atoms with van der Waals surface area (Å²) in [6.45, 7) is 0. The zero-order valence-electron chi connectivity index (χ0n) is 8.90. The normalized spacial score (nSPS) is 9.71. The van der Waals surface area contributed by atoms with Gasteiger partial charge in [0.25, 0.3) is 0 Å². The average molecular weight is 249 g/mol. The summed E-state index contributed by atoms with van der Waals surface area (Å²) in [7, 11) is 1.50. The van der Waals surface area contributed by atoms with Gasteiger partial charge < -0.3 is 10.1 Å². The number of halogens is 1. The number of nitriles is 1. The molecule has 2 aromatic rings. The number of ether oxygens (including phenoxy) is 1. The number of nitrogens with zero attached hydrogens (tertiary/aromatic N) is 2. The first-order chi connectivity index (χ1) is 8.22. The van der Waals surface area contributed by atoms with Crippen LogP contribution in [0.1, 0.15) is 4.88 Å². The van der Waals surface area contributed by atoms with Crippen molar-refractivity contribution in [2.45, 2.75) is 0 Å². The smallest absolute Gasteiger partial charge is 0.188 e. The van der Waals surface area contributed by atoms with Gasteiger partial charge >= 0.3 is 0 Å². The van der Waals surface area contributed by atoms with Crippen LogP contribution >= 0.6 is 11.3 Å². The molecule has 0 fully saturated rings. The third-order valence-corrected chi connectivity index (χ3v) is 2.84. The Balaban J connectivity index is 2.29. The van der Waals surface area contributed by atoms with Crippen molar-refractivity contribution in [1.29, 1.82) is 5.26 Å². The van der Waals surface area contributed by atoms with Gasteiger partial charge in [0.15, 0.2) is 5.13 Å². The first-order valence-corrected chi connectivity index (χ1v) is 5.51. The van der Waals surface area contributed by atoms with E-state index in [9.17, 15) is 4.39 Å². The number of hydrogen-bond donors (Lipinski definition) is 1. The molecule has 0 spiro atoms. The number of benzene rings is 1. The summed E-state index contributed by atoms with van der Waals surface area (Å²) in [6.07, 6.45) is 1.46. The minimum absolute atomic E-state index is 0.370. The topological polar surface area (TPSA) is 57.9 Å². The summed E-state index contributed by atoms with van der Waals surface area (Å²) >= 11 is 1.19. The van der Waals surface area contributed by atoms with Crippen molar-refractivity contribution in [3.05, 3.63) is 35.1 Å². The summed E-state index contributed by atoms with van der Waals surface area (Å²) in [5.74, 6) is 0.144. The lowest BCUT2D eigenvalue weighted by atomic mass is 10.3. The standard InChI is InChI=1S/C11H8FN3OS/c1-16-10-3-2-7(12)4-9(10)15-11-14-6-8(5-13)17-11/h2-4,6H,1H3,(H,14,15). The maximum atomic E-state index is 13.1. The van der Waals surface area contributed by atoms with E-state index in [0.29, 0.717) is 21.4 Å². The number of anilines is 2. The second-order valence-corrected chi connectivity index (χ2v) is 4.14. The van der Waals surface area contributed by atoms with Gasteiger partial charge in [-0.15, -0.1) is 0 Å². The molecular weight excluding hydrogens is 241 g/mol. The van der Waals surface area contributed by atoms with Crippen LogP contribution in [0.3, 0.4) is 0 Å². The fourth-order valence-electron chi connectivity index (χ4n) is 1.28. The summed E-state index contributed by atoms with van der Waals surface area (Å²) < 4.78 is 18.2. The zero-order chi connectivity index (χ0) is 12.3. The minimum Gasteiger partial charge on any atom is -0.495 e. The number of nitrogens with one attached hydrogen (secondary N) is 1. The van der Waals surface area contributed by atoms with Crippen molar-refractivity contribution in [1.82, 2.24) is 4.98 Å². The van der Waals surface area contributed by atoms with Crippen molar-refractivity contribution < 1.29 is 9.13 Å². The molecule has 0 amide bonds. The van der Waals surface area contributed by atoms with E-state index in [0.717, 1.165) is 0 Å². The molecule has 0 atom stereocenters. The Bertz CT molecular complexity index is 576. The molecular formula is C11H8FN3OS. The highest BCUT2D eigenvalue weighted by Crippen LogP contribution is 2.29. The molecule has 0 saturated heterocycles. The van der Waals surface area contributed by atoms with E-state index in [-0.39, 0.29) is 5.82 Å². The van der Waals surface area contributed by atoms with Crippen LogP contribution in [0.5, 0.6) is 5.75 Å². The molecule has 2 rings (SSSR count). The number of rotatable bonds is 3. The number of methoxy groups -OCH3 is 1. The van der Waals surface area contributed by atoms with Crippen LogP contribution in [-0.4, -0.2) is 12.1 Å². The molecule has 17 heavy (non-hydrogen) atoms. The highest BCUT2D eigenvalue weighted by molar-refractivity contribution is 7.16. The fraction of sp³-hybridized carbons (Fsp3) is 0.0909. The van der Waals surface area contributed by atoms with Gasteiger partial charge in [-0.25, -0.2) is 9.37 Å². The highest BCUT2D eigenvalue weighted by Gasteiger charge is 2.07. The zero-order valence-corrected chi connectivity index (χ0v) is 9.71. The Morgan fingerprint density at radius 1 is 1.53 bits per heavy atom. The molecule has 0 aliphatic heterocycles. The first-order valence-electron chi connectivity index (χ1n) is 4.69. The quantitative estimate of drug-likeness (QED) is 0.908. The third-order valence-electron chi connectivity index (χ3n) is 2.02. The molecule has 0 saturated carbocycles. The van der Waals surface area contributed by atoms with Crippen LogP contribution < -0.4 is 10.1 Å². The van der Waals surface area contributed by atoms with E-state index < -0.39 is 0 Å². The predicted octanol–water partition coefficient (Wildman–Crippen LogP) is 2.91. The molecule has 4 nitrogen and oxygen atoms in total. The van der Waals surface area contributed by atoms with Crippen molar-refractivity contribution in [3.63, 3.8) is 0 Å². The molecule has 0 unspecified atom stereocenters. The number of hydrogen-bond acceptors (Lipinski definition) is 5. The van der Waals surface area contributed by atoms with E-state index in [4.69, 9.17) is 10.00 Å².